The van der Waals surface area contributed by atoms with Crippen LogP contribution in [-0.2, 0) is 9.53 Å². The lowest BCUT2D eigenvalue weighted by molar-refractivity contribution is -0.147. The van der Waals surface area contributed by atoms with Crippen molar-refractivity contribution in [2.75, 3.05) is 0 Å². The fourth-order valence-electron chi connectivity index (χ4n) is 1.25. The first-order chi connectivity index (χ1) is 7.68. The fourth-order valence-corrected chi connectivity index (χ4v) is 1.25. The number of carbonyl (C=O) groups excluding carboxylic acids is 1. The molecule has 86 valence electrons. The predicted octanol–water partition coefficient (Wildman–Crippen LogP) is 2.33. The van der Waals surface area contributed by atoms with E-state index in [1.165, 1.54) is 0 Å². The molecule has 0 saturated carbocycles. The lowest BCUT2D eigenvalue weighted by Gasteiger charge is -2.05. The first-order valence-corrected chi connectivity index (χ1v) is 5.35. The molecule has 1 rings (SSSR count). The quantitative estimate of drug-likeness (QED) is 0.610. The first kappa shape index (κ1) is 12.5. The Morgan fingerprint density at radius 1 is 1.44 bits per heavy atom. The lowest BCUT2D eigenvalue weighted by atomic mass is 10.2. The zero-order valence-electron chi connectivity index (χ0n) is 9.43. The van der Waals surface area contributed by atoms with E-state index in [1.807, 2.05) is 42.5 Å². The van der Waals surface area contributed by atoms with E-state index in [9.17, 15) is 4.79 Å². The van der Waals surface area contributed by atoms with Gasteiger partial charge < -0.3 is 4.74 Å². The van der Waals surface area contributed by atoms with E-state index in [0.717, 1.165) is 5.56 Å². The molecule has 16 heavy (non-hydrogen) atoms. The molecular formula is C13H17NO2. The molecule has 0 amide bonds. The Kier molecular flexibility index (Phi) is 5.29. The predicted molar refractivity (Wildman–Crippen MR) is 64.5 cm³/mol. The Labute approximate surface area is 95.9 Å². The second-order valence-electron chi connectivity index (χ2n) is 3.55. The minimum Gasteiger partial charge on any atom is -0.447 e. The van der Waals surface area contributed by atoms with Crippen molar-refractivity contribution < 1.29 is 9.53 Å². The number of esters is 1. The summed E-state index contributed by atoms with van der Waals surface area (Å²) in [5, 5.41) is 0. The Hall–Kier alpha value is -1.61. The van der Waals surface area contributed by atoms with Gasteiger partial charge in [-0.15, -0.1) is 0 Å². The molecule has 1 aromatic carbocycles. The van der Waals surface area contributed by atoms with Crippen molar-refractivity contribution in [2.45, 2.75) is 26.0 Å². The summed E-state index contributed by atoms with van der Waals surface area (Å²) in [6.07, 6.45) is 4.45. The van der Waals surface area contributed by atoms with Crippen LogP contribution in [0.4, 0.5) is 0 Å². The van der Waals surface area contributed by atoms with Crippen LogP contribution in [0.15, 0.2) is 36.4 Å². The summed E-state index contributed by atoms with van der Waals surface area (Å²) in [6, 6.07) is 9.94. The maximum absolute atomic E-state index is 11.1. The van der Waals surface area contributed by atoms with Crippen LogP contribution in [0.25, 0.3) is 6.08 Å². The van der Waals surface area contributed by atoms with Crippen LogP contribution in [0, 0.1) is 0 Å². The van der Waals surface area contributed by atoms with Crippen molar-refractivity contribution in [1.82, 2.24) is 0 Å². The summed E-state index contributed by atoms with van der Waals surface area (Å²) in [7, 11) is 0. The van der Waals surface area contributed by atoms with Crippen molar-refractivity contribution >= 4 is 12.0 Å². The molecule has 1 unspecified atom stereocenters. The molecule has 1 aromatic rings. The molecule has 0 aliphatic rings. The second-order valence-corrected chi connectivity index (χ2v) is 3.55. The summed E-state index contributed by atoms with van der Waals surface area (Å²) < 4.78 is 4.81. The Morgan fingerprint density at radius 3 is 2.75 bits per heavy atom. The van der Waals surface area contributed by atoms with E-state index >= 15 is 0 Å². The Balaban J connectivity index is 2.25. The molecule has 0 aliphatic carbocycles. The highest BCUT2D eigenvalue weighted by Crippen LogP contribution is 2.03. The number of hydrogen-bond acceptors (Lipinski definition) is 3. The van der Waals surface area contributed by atoms with Gasteiger partial charge in [0.05, 0.1) is 0 Å². The highest BCUT2D eigenvalue weighted by atomic mass is 16.5. The molecular weight excluding hydrogens is 202 g/mol. The average Bonchev–Trinajstić information content (AvgIpc) is 2.25. The van der Waals surface area contributed by atoms with Crippen LogP contribution < -0.4 is 5.73 Å². The summed E-state index contributed by atoms with van der Waals surface area (Å²) in [5.74, 6) is -0.257. The van der Waals surface area contributed by atoms with Gasteiger partial charge in [-0.05, 0) is 18.9 Å². The number of carbonyl (C=O) groups is 1. The van der Waals surface area contributed by atoms with E-state index in [2.05, 4.69) is 0 Å². The van der Waals surface area contributed by atoms with Crippen LogP contribution >= 0.6 is 0 Å². The molecule has 3 heteroatoms. The molecule has 0 radical (unpaired) electrons. The van der Waals surface area contributed by atoms with Crippen LogP contribution in [0.5, 0.6) is 0 Å². The van der Waals surface area contributed by atoms with Gasteiger partial charge in [0.2, 0.25) is 0 Å². The maximum Gasteiger partial charge on any atom is 0.307 e. The van der Waals surface area contributed by atoms with Crippen molar-refractivity contribution in [3.63, 3.8) is 0 Å². The van der Waals surface area contributed by atoms with Gasteiger partial charge in [-0.3, -0.25) is 10.5 Å². The van der Waals surface area contributed by atoms with Crippen LogP contribution in [0.1, 0.15) is 25.3 Å². The van der Waals surface area contributed by atoms with Gasteiger partial charge in [0.25, 0.3) is 0 Å². The second kappa shape index (κ2) is 6.80. The minimum absolute atomic E-state index is 0.257. The zero-order chi connectivity index (χ0) is 11.8. The highest BCUT2D eigenvalue weighted by Gasteiger charge is 2.02. The van der Waals surface area contributed by atoms with Gasteiger partial charge in [-0.2, -0.15) is 0 Å². The smallest absolute Gasteiger partial charge is 0.307 e. The highest BCUT2D eigenvalue weighted by molar-refractivity contribution is 5.69. The van der Waals surface area contributed by atoms with Crippen LogP contribution in [-0.4, -0.2) is 12.2 Å². The van der Waals surface area contributed by atoms with Crippen molar-refractivity contribution in [1.29, 1.82) is 0 Å². The van der Waals surface area contributed by atoms with Gasteiger partial charge >= 0.3 is 5.97 Å². The summed E-state index contributed by atoms with van der Waals surface area (Å²) in [5.41, 5.74) is 6.46. The van der Waals surface area contributed by atoms with Gasteiger partial charge in [-0.25, -0.2) is 0 Å². The monoisotopic (exact) mass is 219 g/mol. The number of hydrogen-bond donors (Lipinski definition) is 1. The summed E-state index contributed by atoms with van der Waals surface area (Å²) >= 11 is 0. The summed E-state index contributed by atoms with van der Waals surface area (Å²) in [4.78, 5) is 11.1. The van der Waals surface area contributed by atoms with E-state index in [-0.39, 0.29) is 5.97 Å². The number of nitrogens with two attached hydrogens (primary N) is 1. The minimum atomic E-state index is -0.523. The van der Waals surface area contributed by atoms with Crippen molar-refractivity contribution in [2.24, 2.45) is 5.73 Å². The number of benzene rings is 1. The topological polar surface area (TPSA) is 52.3 Å². The molecule has 2 N–H and O–H groups in total. The molecule has 0 fully saturated rings. The third-order valence-corrected chi connectivity index (χ3v) is 1.94. The van der Waals surface area contributed by atoms with Crippen molar-refractivity contribution in [3.05, 3.63) is 42.0 Å². The molecule has 3 nitrogen and oxygen atoms in total. The first-order valence-electron chi connectivity index (χ1n) is 5.35. The van der Waals surface area contributed by atoms with Crippen molar-refractivity contribution in [3.8, 4) is 0 Å². The molecule has 0 saturated heterocycles. The van der Waals surface area contributed by atoms with E-state index < -0.39 is 6.23 Å². The van der Waals surface area contributed by atoms with Gasteiger partial charge in [0, 0.05) is 6.42 Å². The van der Waals surface area contributed by atoms with E-state index in [0.29, 0.717) is 12.8 Å². The van der Waals surface area contributed by atoms with Crippen LogP contribution in [0.3, 0.4) is 0 Å². The lowest BCUT2D eigenvalue weighted by Crippen LogP contribution is -2.22. The molecule has 1 atom stereocenters. The maximum atomic E-state index is 11.1. The molecule has 0 aromatic heterocycles. The fraction of sp³-hybridized carbons (Fsp3) is 0.308. The molecule has 0 bridgehead atoms. The average molecular weight is 219 g/mol. The standard InChI is InChI=1S/C13H17NO2/c1-11(14)16-13(15)10-6-5-9-12-7-3-2-4-8-12/h2-5,7-9,11H,6,10,14H2,1H3. The molecule has 0 spiro atoms. The number of rotatable bonds is 5. The van der Waals surface area contributed by atoms with Gasteiger partial charge in [0.1, 0.15) is 6.23 Å². The molecule has 0 aliphatic heterocycles. The SMILES string of the molecule is CC(N)OC(=O)CCC=Cc1ccccc1. The normalized spacial score (nSPS) is 12.6. The Morgan fingerprint density at radius 2 is 2.12 bits per heavy atom. The van der Waals surface area contributed by atoms with E-state index in [1.54, 1.807) is 6.92 Å². The van der Waals surface area contributed by atoms with Gasteiger partial charge in [0.15, 0.2) is 0 Å². The number of ether oxygens (including phenoxy) is 1. The van der Waals surface area contributed by atoms with Gasteiger partial charge in [-0.1, -0.05) is 42.5 Å². The third kappa shape index (κ3) is 5.32. The van der Waals surface area contributed by atoms with Crippen LogP contribution in [0.2, 0.25) is 0 Å². The Bertz CT molecular complexity index is 344. The zero-order valence-corrected chi connectivity index (χ0v) is 9.43. The third-order valence-electron chi connectivity index (χ3n) is 1.94. The van der Waals surface area contributed by atoms with E-state index in [4.69, 9.17) is 10.5 Å². The summed E-state index contributed by atoms with van der Waals surface area (Å²) in [6.45, 7) is 1.64. The largest absolute Gasteiger partial charge is 0.447 e. The number of allylic oxidation sites excluding steroid dienone is 1. The molecule has 0 heterocycles.